The Labute approximate surface area is 184 Å². The summed E-state index contributed by atoms with van der Waals surface area (Å²) >= 11 is 0. The molecule has 31 heavy (non-hydrogen) atoms. The molecule has 1 saturated carbocycles. The van der Waals surface area contributed by atoms with E-state index in [0.717, 1.165) is 56.0 Å². The molecule has 0 radical (unpaired) electrons. The fourth-order valence-corrected chi connectivity index (χ4v) is 4.21. The Morgan fingerprint density at radius 1 is 0.935 bits per heavy atom. The summed E-state index contributed by atoms with van der Waals surface area (Å²) in [4.78, 5) is 15.2. The number of hydrogen-bond acceptors (Lipinski definition) is 4. The topological polar surface area (TPSA) is 51.4 Å². The first-order chi connectivity index (χ1) is 15.1. The standard InChI is InChI=1S/C25H32N4O2/c1-27(2)17-16-26-20-8-10-21(11-9-20)28-18-19-29(25(28)30)22-12-14-24(15-13-22)31-23-6-4-3-5-7-23/h3-7,12-15,18-21,26H,8-11,16-17H2,1-2H3. The lowest BCUT2D eigenvalue weighted by molar-refractivity contribution is 0.278. The Kier molecular flexibility index (Phi) is 6.89. The number of para-hydroxylation sites is 1. The van der Waals surface area contributed by atoms with Crippen LogP contribution >= 0.6 is 0 Å². The molecular weight excluding hydrogens is 388 g/mol. The summed E-state index contributed by atoms with van der Waals surface area (Å²) in [5.74, 6) is 1.55. The molecule has 0 unspecified atom stereocenters. The first-order valence-electron chi connectivity index (χ1n) is 11.1. The van der Waals surface area contributed by atoms with Crippen LogP contribution in [0.2, 0.25) is 0 Å². The SMILES string of the molecule is CN(C)CCNC1CCC(n2ccn(-c3ccc(Oc4ccccc4)cc3)c2=O)CC1. The van der Waals surface area contributed by atoms with Crippen LogP contribution in [0.5, 0.6) is 11.5 Å². The number of rotatable bonds is 8. The van der Waals surface area contributed by atoms with Gasteiger partial charge in [0.1, 0.15) is 11.5 Å². The number of nitrogens with one attached hydrogen (secondary N) is 1. The van der Waals surface area contributed by atoms with Gasteiger partial charge < -0.3 is 15.0 Å². The predicted octanol–water partition coefficient (Wildman–Crippen LogP) is 4.07. The van der Waals surface area contributed by atoms with Crippen LogP contribution in [0.4, 0.5) is 0 Å². The van der Waals surface area contributed by atoms with Gasteiger partial charge in [0, 0.05) is 37.6 Å². The molecule has 0 saturated heterocycles. The van der Waals surface area contributed by atoms with E-state index in [0.29, 0.717) is 6.04 Å². The Morgan fingerprint density at radius 2 is 1.61 bits per heavy atom. The molecular formula is C25H32N4O2. The lowest BCUT2D eigenvalue weighted by atomic mass is 9.91. The molecule has 2 aromatic carbocycles. The monoisotopic (exact) mass is 420 g/mol. The van der Waals surface area contributed by atoms with Gasteiger partial charge >= 0.3 is 5.69 Å². The largest absolute Gasteiger partial charge is 0.457 e. The zero-order valence-corrected chi connectivity index (χ0v) is 18.4. The van der Waals surface area contributed by atoms with Gasteiger partial charge in [-0.2, -0.15) is 0 Å². The van der Waals surface area contributed by atoms with E-state index in [1.165, 1.54) is 0 Å². The van der Waals surface area contributed by atoms with Crippen molar-refractivity contribution in [2.45, 2.75) is 37.8 Å². The third-order valence-corrected chi connectivity index (χ3v) is 5.98. The number of nitrogens with zero attached hydrogens (tertiary/aromatic N) is 3. The van der Waals surface area contributed by atoms with Crippen LogP contribution in [0, 0.1) is 0 Å². The summed E-state index contributed by atoms with van der Waals surface area (Å²) in [6.45, 7) is 2.07. The first-order valence-corrected chi connectivity index (χ1v) is 11.1. The van der Waals surface area contributed by atoms with E-state index < -0.39 is 0 Å². The third kappa shape index (κ3) is 5.46. The van der Waals surface area contributed by atoms with Crippen molar-refractivity contribution in [3.63, 3.8) is 0 Å². The zero-order chi connectivity index (χ0) is 21.6. The highest BCUT2D eigenvalue weighted by atomic mass is 16.5. The van der Waals surface area contributed by atoms with E-state index in [4.69, 9.17) is 4.74 Å². The van der Waals surface area contributed by atoms with Crippen molar-refractivity contribution >= 4 is 0 Å². The Hall–Kier alpha value is -2.83. The quantitative estimate of drug-likeness (QED) is 0.597. The van der Waals surface area contributed by atoms with Gasteiger partial charge in [0.25, 0.3) is 0 Å². The molecule has 1 aliphatic rings. The fourth-order valence-electron chi connectivity index (χ4n) is 4.21. The average Bonchev–Trinajstić information content (AvgIpc) is 3.16. The third-order valence-electron chi connectivity index (χ3n) is 5.98. The van der Waals surface area contributed by atoms with Crippen LogP contribution in [-0.4, -0.2) is 47.3 Å². The molecule has 0 amide bonds. The predicted molar refractivity (Wildman–Crippen MR) is 124 cm³/mol. The highest BCUT2D eigenvalue weighted by Gasteiger charge is 2.23. The van der Waals surface area contributed by atoms with Crippen molar-refractivity contribution in [2.24, 2.45) is 0 Å². The van der Waals surface area contributed by atoms with Crippen LogP contribution in [0.3, 0.4) is 0 Å². The van der Waals surface area contributed by atoms with Crippen LogP contribution in [-0.2, 0) is 0 Å². The van der Waals surface area contributed by atoms with Gasteiger partial charge in [0.15, 0.2) is 0 Å². The smallest absolute Gasteiger partial charge is 0.332 e. The normalized spacial score (nSPS) is 18.9. The Morgan fingerprint density at radius 3 is 2.29 bits per heavy atom. The molecule has 0 bridgehead atoms. The highest BCUT2D eigenvalue weighted by Crippen LogP contribution is 2.28. The summed E-state index contributed by atoms with van der Waals surface area (Å²) in [6.07, 6.45) is 8.10. The summed E-state index contributed by atoms with van der Waals surface area (Å²) < 4.78 is 9.47. The van der Waals surface area contributed by atoms with Crippen molar-refractivity contribution < 1.29 is 4.74 Å². The van der Waals surface area contributed by atoms with Gasteiger partial charge in [0.05, 0.1) is 5.69 Å². The molecule has 1 heterocycles. The van der Waals surface area contributed by atoms with Crippen LogP contribution in [0.25, 0.3) is 5.69 Å². The number of benzene rings is 2. The molecule has 6 heteroatoms. The second-order valence-corrected chi connectivity index (χ2v) is 8.53. The van der Waals surface area contributed by atoms with Crippen molar-refractivity contribution in [3.05, 3.63) is 77.5 Å². The van der Waals surface area contributed by atoms with Crippen LogP contribution in [0.15, 0.2) is 71.8 Å². The van der Waals surface area contributed by atoms with Crippen molar-refractivity contribution in [2.75, 3.05) is 27.2 Å². The summed E-state index contributed by atoms with van der Waals surface area (Å²) in [6, 6.07) is 18.2. The van der Waals surface area contributed by atoms with Gasteiger partial charge in [-0.1, -0.05) is 18.2 Å². The van der Waals surface area contributed by atoms with E-state index in [1.807, 2.05) is 71.6 Å². The summed E-state index contributed by atoms with van der Waals surface area (Å²) in [7, 11) is 4.19. The van der Waals surface area contributed by atoms with E-state index in [-0.39, 0.29) is 11.7 Å². The van der Waals surface area contributed by atoms with Gasteiger partial charge in [-0.25, -0.2) is 4.79 Å². The number of aromatic nitrogens is 2. The van der Waals surface area contributed by atoms with E-state index in [1.54, 1.807) is 4.57 Å². The van der Waals surface area contributed by atoms with Gasteiger partial charge in [-0.05, 0) is 76.2 Å². The molecule has 6 nitrogen and oxygen atoms in total. The van der Waals surface area contributed by atoms with Crippen molar-refractivity contribution in [1.82, 2.24) is 19.4 Å². The Balaban J connectivity index is 1.37. The second kappa shape index (κ2) is 9.98. The van der Waals surface area contributed by atoms with E-state index in [9.17, 15) is 4.79 Å². The minimum atomic E-state index is 0.0285. The number of likely N-dealkylation sites (N-methyl/N-ethyl adjacent to an activating group) is 1. The van der Waals surface area contributed by atoms with E-state index >= 15 is 0 Å². The summed E-state index contributed by atoms with van der Waals surface area (Å²) in [5, 5.41) is 3.65. The van der Waals surface area contributed by atoms with Crippen LogP contribution in [0.1, 0.15) is 31.7 Å². The maximum Gasteiger partial charge on any atom is 0.332 e. The maximum absolute atomic E-state index is 13.0. The van der Waals surface area contributed by atoms with Crippen molar-refractivity contribution in [1.29, 1.82) is 0 Å². The minimum Gasteiger partial charge on any atom is -0.457 e. The molecule has 164 valence electrons. The highest BCUT2D eigenvalue weighted by molar-refractivity contribution is 5.39. The molecule has 1 fully saturated rings. The Bertz CT molecular complexity index is 1000. The maximum atomic E-state index is 13.0. The molecule has 0 aliphatic heterocycles. The first kappa shape index (κ1) is 21.4. The van der Waals surface area contributed by atoms with Crippen molar-refractivity contribution in [3.8, 4) is 17.2 Å². The minimum absolute atomic E-state index is 0.0285. The molecule has 0 spiro atoms. The lowest BCUT2D eigenvalue weighted by Gasteiger charge is -2.30. The molecule has 0 atom stereocenters. The number of hydrogen-bond donors (Lipinski definition) is 1. The van der Waals surface area contributed by atoms with Gasteiger partial charge in [-0.15, -0.1) is 0 Å². The molecule has 4 rings (SSSR count). The lowest BCUT2D eigenvalue weighted by Crippen LogP contribution is -2.38. The second-order valence-electron chi connectivity index (χ2n) is 8.53. The fraction of sp³-hybridized carbons (Fsp3) is 0.400. The molecule has 3 aromatic rings. The number of imidazole rings is 1. The van der Waals surface area contributed by atoms with E-state index in [2.05, 4.69) is 24.3 Å². The van der Waals surface area contributed by atoms with Gasteiger partial charge in [-0.3, -0.25) is 9.13 Å². The average molecular weight is 421 g/mol. The van der Waals surface area contributed by atoms with Gasteiger partial charge in [0.2, 0.25) is 0 Å². The molecule has 1 N–H and O–H groups in total. The molecule has 1 aromatic heterocycles. The zero-order valence-electron chi connectivity index (χ0n) is 18.4. The summed E-state index contributed by atoms with van der Waals surface area (Å²) in [5.41, 5.74) is 0.879. The number of ether oxygens (including phenoxy) is 1. The molecule has 1 aliphatic carbocycles. The van der Waals surface area contributed by atoms with Crippen LogP contribution < -0.4 is 15.7 Å².